The number of fused-ring (bicyclic) bond motifs is 4. The number of rotatable bonds is 3. The van der Waals surface area contributed by atoms with Gasteiger partial charge in [-0.3, -0.25) is 9.78 Å². The molecule has 2 unspecified atom stereocenters. The largest absolute Gasteiger partial charge is 0.449 e. The summed E-state index contributed by atoms with van der Waals surface area (Å²) in [5.41, 5.74) is 3.70. The number of pyridine rings is 1. The van der Waals surface area contributed by atoms with Crippen molar-refractivity contribution in [1.82, 2.24) is 14.8 Å². The van der Waals surface area contributed by atoms with Gasteiger partial charge < -0.3 is 14.5 Å². The predicted molar refractivity (Wildman–Crippen MR) is 124 cm³/mol. The molecule has 2 amide bonds. The summed E-state index contributed by atoms with van der Waals surface area (Å²) in [6, 6.07) is 5.78. The van der Waals surface area contributed by atoms with Gasteiger partial charge >= 0.3 is 6.09 Å². The molecule has 6 nitrogen and oxygen atoms in total. The lowest BCUT2D eigenvalue weighted by molar-refractivity contribution is -0.00312. The van der Waals surface area contributed by atoms with E-state index in [1.807, 2.05) is 30.0 Å². The first-order valence-corrected chi connectivity index (χ1v) is 12.3. The summed E-state index contributed by atoms with van der Waals surface area (Å²) in [5.74, 6) is 0.0267. The predicted octanol–water partition coefficient (Wildman–Crippen LogP) is 4.99. The second-order valence-corrected chi connectivity index (χ2v) is 9.64. The van der Waals surface area contributed by atoms with Crippen LogP contribution in [0.25, 0.3) is 10.9 Å². The first kappa shape index (κ1) is 21.5. The standard InChI is InChI=1S/C25H30ClN3O3/c1-2-12-32-25(31)28-14-17-6-5-7-18(15-28)29(17)24(30)16-10-11-20-22(13-16)27-21-9-4-3-8-19(21)23(20)26/h10-11,13,17-18H,2-9,12,14-15H2,1H3. The lowest BCUT2D eigenvalue weighted by Gasteiger charge is -2.49. The van der Waals surface area contributed by atoms with Crippen LogP contribution in [0.5, 0.6) is 0 Å². The van der Waals surface area contributed by atoms with Gasteiger partial charge in [-0.25, -0.2) is 4.79 Å². The number of aromatic nitrogens is 1. The maximum atomic E-state index is 13.6. The third-order valence-electron chi connectivity index (χ3n) is 7.09. The van der Waals surface area contributed by atoms with Crippen LogP contribution in [0.15, 0.2) is 18.2 Å². The van der Waals surface area contributed by atoms with Gasteiger partial charge in [0.1, 0.15) is 0 Å². The number of carbonyl (C=O) groups is 2. The highest BCUT2D eigenvalue weighted by molar-refractivity contribution is 6.36. The van der Waals surface area contributed by atoms with Crippen molar-refractivity contribution in [2.24, 2.45) is 0 Å². The average Bonchev–Trinajstić information content (AvgIpc) is 2.81. The Morgan fingerprint density at radius 3 is 2.62 bits per heavy atom. The zero-order chi connectivity index (χ0) is 22.2. The van der Waals surface area contributed by atoms with E-state index in [1.54, 1.807) is 4.90 Å². The van der Waals surface area contributed by atoms with Gasteiger partial charge in [-0.15, -0.1) is 0 Å². The molecule has 2 saturated heterocycles. The molecule has 0 saturated carbocycles. The molecule has 3 heterocycles. The molecule has 0 N–H and O–H groups in total. The van der Waals surface area contributed by atoms with E-state index in [-0.39, 0.29) is 24.1 Å². The van der Waals surface area contributed by atoms with E-state index < -0.39 is 0 Å². The Hall–Kier alpha value is -2.34. The van der Waals surface area contributed by atoms with Crippen molar-refractivity contribution in [3.05, 3.63) is 40.0 Å². The van der Waals surface area contributed by atoms with Crippen molar-refractivity contribution in [2.75, 3.05) is 19.7 Å². The Morgan fingerprint density at radius 2 is 1.88 bits per heavy atom. The Bertz CT molecular complexity index is 1040. The van der Waals surface area contributed by atoms with Gasteiger partial charge in [0, 0.05) is 29.7 Å². The molecule has 3 aliphatic rings. The highest BCUT2D eigenvalue weighted by atomic mass is 35.5. The van der Waals surface area contributed by atoms with Gasteiger partial charge in [-0.1, -0.05) is 24.6 Å². The van der Waals surface area contributed by atoms with Crippen LogP contribution in [0, 0.1) is 0 Å². The maximum Gasteiger partial charge on any atom is 0.409 e. The zero-order valence-electron chi connectivity index (χ0n) is 18.6. The van der Waals surface area contributed by atoms with Crippen LogP contribution < -0.4 is 0 Å². The van der Waals surface area contributed by atoms with E-state index >= 15 is 0 Å². The maximum absolute atomic E-state index is 13.6. The molecule has 1 aliphatic carbocycles. The second kappa shape index (κ2) is 8.89. The number of aryl methyl sites for hydroxylation is 1. The summed E-state index contributed by atoms with van der Waals surface area (Å²) < 4.78 is 5.34. The molecule has 1 aromatic heterocycles. The van der Waals surface area contributed by atoms with Crippen LogP contribution in [-0.2, 0) is 17.6 Å². The number of hydrogen-bond acceptors (Lipinski definition) is 4. The van der Waals surface area contributed by atoms with Crippen molar-refractivity contribution in [1.29, 1.82) is 0 Å². The number of piperidine rings is 1. The van der Waals surface area contributed by atoms with Gasteiger partial charge in [0.25, 0.3) is 5.91 Å². The number of benzene rings is 1. The molecule has 2 atom stereocenters. The van der Waals surface area contributed by atoms with Gasteiger partial charge in [0.15, 0.2) is 0 Å². The normalized spacial score (nSPS) is 22.6. The number of amides is 2. The van der Waals surface area contributed by atoms with Crippen LogP contribution in [0.4, 0.5) is 4.79 Å². The highest BCUT2D eigenvalue weighted by Crippen LogP contribution is 2.35. The molecule has 170 valence electrons. The molecule has 2 bridgehead atoms. The monoisotopic (exact) mass is 455 g/mol. The number of halogens is 1. The fourth-order valence-corrected chi connectivity index (χ4v) is 5.88. The molecule has 2 aliphatic heterocycles. The Morgan fingerprint density at radius 1 is 1.12 bits per heavy atom. The topological polar surface area (TPSA) is 62.7 Å². The lowest BCUT2D eigenvalue weighted by atomic mass is 9.90. The summed E-state index contributed by atoms with van der Waals surface area (Å²) in [4.78, 5) is 34.7. The zero-order valence-corrected chi connectivity index (χ0v) is 19.4. The molecule has 5 rings (SSSR count). The van der Waals surface area contributed by atoms with Crippen molar-refractivity contribution in [2.45, 2.75) is 70.4 Å². The summed E-state index contributed by atoms with van der Waals surface area (Å²) >= 11 is 6.72. The van der Waals surface area contributed by atoms with E-state index in [9.17, 15) is 9.59 Å². The first-order valence-electron chi connectivity index (χ1n) is 11.9. The van der Waals surface area contributed by atoms with Gasteiger partial charge in [0.2, 0.25) is 0 Å². The van der Waals surface area contributed by atoms with Gasteiger partial charge in [-0.2, -0.15) is 0 Å². The molecule has 2 aromatic rings. The Labute approximate surface area is 193 Å². The summed E-state index contributed by atoms with van der Waals surface area (Å²) in [7, 11) is 0. The number of ether oxygens (including phenoxy) is 1. The third kappa shape index (κ3) is 3.83. The van der Waals surface area contributed by atoms with Crippen LogP contribution in [0.2, 0.25) is 5.02 Å². The quantitative estimate of drug-likeness (QED) is 0.653. The minimum absolute atomic E-state index is 0.0267. The second-order valence-electron chi connectivity index (χ2n) is 9.26. The molecule has 0 spiro atoms. The Kier molecular flexibility index (Phi) is 5.97. The summed E-state index contributed by atoms with van der Waals surface area (Å²) in [6.45, 7) is 3.50. The van der Waals surface area contributed by atoms with E-state index in [0.717, 1.165) is 73.0 Å². The number of hydrogen-bond donors (Lipinski definition) is 0. The molecule has 1 aromatic carbocycles. The van der Waals surface area contributed by atoms with E-state index in [2.05, 4.69) is 0 Å². The molecular weight excluding hydrogens is 426 g/mol. The SMILES string of the molecule is CCCOC(=O)N1CC2CCCC(C1)N2C(=O)c1ccc2c(Cl)c3c(nc2c1)CCCC3. The van der Waals surface area contributed by atoms with Crippen molar-refractivity contribution in [3.63, 3.8) is 0 Å². The van der Waals surface area contributed by atoms with Crippen LogP contribution in [-0.4, -0.2) is 58.6 Å². The van der Waals surface area contributed by atoms with E-state index in [1.165, 1.54) is 5.56 Å². The highest BCUT2D eigenvalue weighted by Gasteiger charge is 2.42. The van der Waals surface area contributed by atoms with Crippen molar-refractivity contribution in [3.8, 4) is 0 Å². The number of nitrogens with zero attached hydrogens (tertiary/aromatic N) is 3. The minimum Gasteiger partial charge on any atom is -0.449 e. The van der Waals surface area contributed by atoms with Crippen LogP contribution >= 0.6 is 11.6 Å². The fraction of sp³-hybridized carbons (Fsp3) is 0.560. The van der Waals surface area contributed by atoms with E-state index in [0.29, 0.717) is 25.3 Å². The Balaban J connectivity index is 1.41. The molecule has 7 heteroatoms. The lowest BCUT2D eigenvalue weighted by Crippen LogP contribution is -2.63. The number of carbonyl (C=O) groups excluding carboxylic acids is 2. The number of likely N-dealkylation sites (tertiary alicyclic amines) is 1. The smallest absolute Gasteiger partial charge is 0.409 e. The van der Waals surface area contributed by atoms with Crippen LogP contribution in [0.3, 0.4) is 0 Å². The number of piperazine rings is 1. The fourth-order valence-electron chi connectivity index (χ4n) is 5.52. The molecular formula is C25H30ClN3O3. The van der Waals surface area contributed by atoms with Crippen molar-refractivity contribution < 1.29 is 14.3 Å². The average molecular weight is 456 g/mol. The summed E-state index contributed by atoms with van der Waals surface area (Å²) in [5, 5.41) is 1.72. The molecule has 32 heavy (non-hydrogen) atoms. The van der Waals surface area contributed by atoms with E-state index in [4.69, 9.17) is 21.3 Å². The molecule has 0 radical (unpaired) electrons. The minimum atomic E-state index is -0.259. The first-order chi connectivity index (χ1) is 15.6. The third-order valence-corrected chi connectivity index (χ3v) is 7.52. The van der Waals surface area contributed by atoms with Crippen LogP contribution in [0.1, 0.15) is 67.1 Å². The van der Waals surface area contributed by atoms with Gasteiger partial charge in [0.05, 0.1) is 29.2 Å². The van der Waals surface area contributed by atoms with Gasteiger partial charge in [-0.05, 0) is 69.1 Å². The molecule has 2 fully saturated rings. The van der Waals surface area contributed by atoms with Crippen molar-refractivity contribution >= 4 is 34.5 Å². The summed E-state index contributed by atoms with van der Waals surface area (Å²) in [6.07, 6.45) is 7.65.